The maximum absolute atomic E-state index is 11.7. The number of hydrogen-bond donors (Lipinski definition) is 0. The predicted octanol–water partition coefficient (Wildman–Crippen LogP) is 3.52. The van der Waals surface area contributed by atoms with E-state index in [4.69, 9.17) is 11.6 Å². The van der Waals surface area contributed by atoms with E-state index in [0.717, 1.165) is 29.6 Å². The summed E-state index contributed by atoms with van der Waals surface area (Å²) in [5.74, 6) is 0. The van der Waals surface area contributed by atoms with E-state index in [1.807, 2.05) is 22.8 Å². The minimum Gasteiger partial charge on any atom is -0.299 e. The molecule has 0 saturated carbocycles. The van der Waals surface area contributed by atoms with E-state index in [-0.39, 0.29) is 4.87 Å². The minimum atomic E-state index is 0.112. The first kappa shape index (κ1) is 10.7. The highest BCUT2D eigenvalue weighted by molar-refractivity contribution is 7.16. The molecule has 0 aliphatic rings. The maximum atomic E-state index is 11.7. The number of aryl methyl sites for hydroxylation is 1. The Morgan fingerprint density at radius 1 is 1.47 bits per heavy atom. The Morgan fingerprint density at radius 2 is 2.27 bits per heavy atom. The Morgan fingerprint density at radius 3 is 3.00 bits per heavy atom. The molecule has 0 aliphatic heterocycles. The van der Waals surface area contributed by atoms with E-state index in [0.29, 0.717) is 5.02 Å². The van der Waals surface area contributed by atoms with Crippen molar-refractivity contribution in [1.29, 1.82) is 0 Å². The van der Waals surface area contributed by atoms with Crippen LogP contribution in [-0.2, 0) is 6.54 Å². The molecule has 2 nitrogen and oxygen atoms in total. The molecule has 0 amide bonds. The van der Waals surface area contributed by atoms with Crippen LogP contribution in [0.4, 0.5) is 0 Å². The number of halogens is 1. The smallest absolute Gasteiger partial charge is 0.299 e. The number of hydrogen-bond acceptors (Lipinski definition) is 2. The van der Waals surface area contributed by atoms with Crippen LogP contribution in [0.2, 0.25) is 5.02 Å². The molecule has 0 atom stereocenters. The van der Waals surface area contributed by atoms with Crippen molar-refractivity contribution in [2.45, 2.75) is 26.3 Å². The molecule has 0 radical (unpaired) electrons. The number of unbranched alkanes of at least 4 members (excludes halogenated alkanes) is 1. The van der Waals surface area contributed by atoms with Gasteiger partial charge in [-0.25, -0.2) is 0 Å². The second-order valence-electron chi connectivity index (χ2n) is 3.49. The van der Waals surface area contributed by atoms with Crippen molar-refractivity contribution in [2.75, 3.05) is 0 Å². The van der Waals surface area contributed by atoms with Crippen LogP contribution in [0.5, 0.6) is 0 Å². The van der Waals surface area contributed by atoms with Crippen LogP contribution in [0.3, 0.4) is 0 Å². The highest BCUT2D eigenvalue weighted by Crippen LogP contribution is 2.21. The van der Waals surface area contributed by atoms with Gasteiger partial charge in [0.25, 0.3) is 0 Å². The first-order valence-corrected chi connectivity index (χ1v) is 6.20. The number of thiazole rings is 1. The summed E-state index contributed by atoms with van der Waals surface area (Å²) < 4.78 is 2.83. The van der Waals surface area contributed by atoms with Crippen LogP contribution in [0.1, 0.15) is 19.8 Å². The molecule has 0 unspecified atom stereocenters. The molecule has 1 heterocycles. The summed E-state index contributed by atoms with van der Waals surface area (Å²) >= 11 is 7.21. The van der Waals surface area contributed by atoms with Gasteiger partial charge in [-0.2, -0.15) is 0 Å². The fourth-order valence-electron chi connectivity index (χ4n) is 1.56. The van der Waals surface area contributed by atoms with E-state index >= 15 is 0 Å². The van der Waals surface area contributed by atoms with Gasteiger partial charge in [-0.1, -0.05) is 36.3 Å². The molecule has 80 valence electrons. The zero-order chi connectivity index (χ0) is 10.8. The van der Waals surface area contributed by atoms with Crippen LogP contribution < -0.4 is 4.87 Å². The summed E-state index contributed by atoms with van der Waals surface area (Å²) in [5.41, 5.74) is 0.964. The Balaban J connectivity index is 2.55. The lowest BCUT2D eigenvalue weighted by Gasteiger charge is -2.01. The van der Waals surface area contributed by atoms with Crippen molar-refractivity contribution in [2.24, 2.45) is 0 Å². The topological polar surface area (TPSA) is 22.0 Å². The normalized spacial score (nSPS) is 11.1. The molecule has 0 bridgehead atoms. The summed E-state index contributed by atoms with van der Waals surface area (Å²) in [7, 11) is 0. The fraction of sp³-hybridized carbons (Fsp3) is 0.364. The van der Waals surface area contributed by atoms with Crippen LogP contribution in [0, 0.1) is 0 Å². The molecule has 15 heavy (non-hydrogen) atoms. The van der Waals surface area contributed by atoms with Gasteiger partial charge >= 0.3 is 4.87 Å². The molecule has 1 aromatic carbocycles. The average molecular weight is 242 g/mol. The van der Waals surface area contributed by atoms with Crippen molar-refractivity contribution in [1.82, 2.24) is 4.57 Å². The van der Waals surface area contributed by atoms with Crippen molar-refractivity contribution in [3.05, 3.63) is 32.9 Å². The second-order valence-corrected chi connectivity index (χ2v) is 4.91. The molecule has 2 rings (SSSR count). The third-order valence-electron chi connectivity index (χ3n) is 2.36. The fourth-order valence-corrected chi connectivity index (χ4v) is 2.63. The van der Waals surface area contributed by atoms with Gasteiger partial charge in [0.2, 0.25) is 0 Å². The maximum Gasteiger partial charge on any atom is 0.308 e. The van der Waals surface area contributed by atoms with Crippen molar-refractivity contribution in [3.8, 4) is 0 Å². The summed E-state index contributed by atoms with van der Waals surface area (Å²) in [4.78, 5) is 11.8. The summed E-state index contributed by atoms with van der Waals surface area (Å²) in [6.07, 6.45) is 2.11. The van der Waals surface area contributed by atoms with Crippen molar-refractivity contribution >= 4 is 33.2 Å². The lowest BCUT2D eigenvalue weighted by molar-refractivity contribution is 0.640. The monoisotopic (exact) mass is 241 g/mol. The zero-order valence-electron chi connectivity index (χ0n) is 8.50. The lowest BCUT2D eigenvalue weighted by atomic mass is 10.3. The molecule has 0 aliphatic carbocycles. The Kier molecular flexibility index (Phi) is 3.12. The molecule has 2 aromatic rings. The van der Waals surface area contributed by atoms with E-state index in [1.165, 1.54) is 11.3 Å². The highest BCUT2D eigenvalue weighted by Gasteiger charge is 2.06. The van der Waals surface area contributed by atoms with Crippen molar-refractivity contribution < 1.29 is 0 Å². The molecule has 1 aromatic heterocycles. The first-order valence-electron chi connectivity index (χ1n) is 5.01. The third-order valence-corrected chi connectivity index (χ3v) is 3.56. The molecule has 0 fully saturated rings. The predicted molar refractivity (Wildman–Crippen MR) is 66.0 cm³/mol. The molecular formula is C11H12ClNOS. The standard InChI is InChI=1S/C11H12ClNOS/c1-2-3-6-13-9-7-8(12)4-5-10(9)15-11(13)14/h4-5,7H,2-3,6H2,1H3. The lowest BCUT2D eigenvalue weighted by Crippen LogP contribution is -2.12. The Bertz CT molecular complexity index is 529. The summed E-state index contributed by atoms with van der Waals surface area (Å²) in [5, 5.41) is 0.686. The van der Waals surface area contributed by atoms with Crippen LogP contribution in [-0.4, -0.2) is 4.57 Å². The van der Waals surface area contributed by atoms with E-state index in [9.17, 15) is 4.79 Å². The molecule has 0 N–H and O–H groups in total. The first-order chi connectivity index (χ1) is 7.22. The second kappa shape index (κ2) is 4.37. The molecule has 0 saturated heterocycles. The van der Waals surface area contributed by atoms with Gasteiger partial charge in [0.1, 0.15) is 0 Å². The largest absolute Gasteiger partial charge is 0.308 e. The number of rotatable bonds is 3. The molecule has 4 heteroatoms. The molecule has 0 spiro atoms. The van der Waals surface area contributed by atoms with E-state index < -0.39 is 0 Å². The van der Waals surface area contributed by atoms with E-state index in [2.05, 4.69) is 6.92 Å². The van der Waals surface area contributed by atoms with Crippen molar-refractivity contribution in [3.63, 3.8) is 0 Å². The van der Waals surface area contributed by atoms with Gasteiger partial charge in [0, 0.05) is 11.6 Å². The van der Waals surface area contributed by atoms with Gasteiger partial charge in [-0.05, 0) is 24.6 Å². The quantitative estimate of drug-likeness (QED) is 0.806. The average Bonchev–Trinajstić information content (AvgIpc) is 2.51. The summed E-state index contributed by atoms with van der Waals surface area (Å²) in [6, 6.07) is 5.60. The van der Waals surface area contributed by atoms with Crippen LogP contribution in [0.25, 0.3) is 10.2 Å². The Hall–Kier alpha value is -0.800. The number of benzene rings is 1. The Labute approximate surface area is 97.1 Å². The SMILES string of the molecule is CCCCn1c(=O)sc2ccc(Cl)cc21. The van der Waals surface area contributed by atoms with Gasteiger partial charge in [-0.15, -0.1) is 0 Å². The zero-order valence-corrected chi connectivity index (χ0v) is 10.1. The molecular weight excluding hydrogens is 230 g/mol. The number of aromatic nitrogens is 1. The van der Waals surface area contributed by atoms with Gasteiger partial charge in [0.05, 0.1) is 10.2 Å². The third kappa shape index (κ3) is 2.08. The van der Waals surface area contributed by atoms with Crippen LogP contribution >= 0.6 is 22.9 Å². The highest BCUT2D eigenvalue weighted by atomic mass is 35.5. The van der Waals surface area contributed by atoms with Gasteiger partial charge < -0.3 is 0 Å². The minimum absolute atomic E-state index is 0.112. The summed E-state index contributed by atoms with van der Waals surface area (Å²) in [6.45, 7) is 2.91. The van der Waals surface area contributed by atoms with Gasteiger partial charge in [-0.3, -0.25) is 9.36 Å². The van der Waals surface area contributed by atoms with Gasteiger partial charge in [0.15, 0.2) is 0 Å². The van der Waals surface area contributed by atoms with E-state index in [1.54, 1.807) is 0 Å². The van der Waals surface area contributed by atoms with Crippen LogP contribution in [0.15, 0.2) is 23.0 Å². The number of fused-ring (bicyclic) bond motifs is 1. The number of nitrogens with zero attached hydrogens (tertiary/aromatic N) is 1.